The van der Waals surface area contributed by atoms with Gasteiger partial charge in [0.25, 0.3) is 6.43 Å². The molecule has 1 heterocycles. The van der Waals surface area contributed by atoms with Crippen LogP contribution in [0.3, 0.4) is 0 Å². The Labute approximate surface area is 94.6 Å². The Morgan fingerprint density at radius 2 is 2.29 bits per heavy atom. The summed E-state index contributed by atoms with van der Waals surface area (Å²) in [5.41, 5.74) is -3.13. The fourth-order valence-electron chi connectivity index (χ4n) is 1.21. The van der Waals surface area contributed by atoms with Crippen LogP contribution in [0, 0.1) is 11.3 Å². The first-order valence-corrected chi connectivity index (χ1v) is 4.63. The second-order valence-corrected chi connectivity index (χ2v) is 2.95. The van der Waals surface area contributed by atoms with E-state index >= 15 is 0 Å². The number of esters is 1. The number of alkyl halides is 2. The maximum absolute atomic E-state index is 12.6. The van der Waals surface area contributed by atoms with Crippen molar-refractivity contribution in [3.05, 3.63) is 33.2 Å². The Morgan fingerprint density at radius 3 is 2.76 bits per heavy atom. The molecule has 17 heavy (non-hydrogen) atoms. The Hall–Kier alpha value is -2.23. The first-order valence-electron chi connectivity index (χ1n) is 4.63. The maximum Gasteiger partial charge on any atom is 0.344 e. The zero-order valence-corrected chi connectivity index (χ0v) is 8.79. The van der Waals surface area contributed by atoms with Crippen molar-refractivity contribution in [1.29, 1.82) is 5.26 Å². The second-order valence-electron chi connectivity index (χ2n) is 2.95. The molecule has 0 aromatic carbocycles. The number of carbonyl (C=O) groups excluding carboxylic acids is 1. The number of pyridine rings is 1. The van der Waals surface area contributed by atoms with Gasteiger partial charge in [-0.05, 0) is 6.92 Å². The normalized spacial score (nSPS) is 10.1. The van der Waals surface area contributed by atoms with Gasteiger partial charge >= 0.3 is 5.97 Å². The first kappa shape index (κ1) is 12.8. The zero-order chi connectivity index (χ0) is 13.0. The summed E-state index contributed by atoms with van der Waals surface area (Å²) in [7, 11) is 0. The van der Waals surface area contributed by atoms with Crippen LogP contribution in [0.5, 0.6) is 0 Å². The Morgan fingerprint density at radius 1 is 1.65 bits per heavy atom. The number of ether oxygens (including phenoxy) is 1. The van der Waals surface area contributed by atoms with Crippen LogP contribution in [0.4, 0.5) is 8.78 Å². The minimum Gasteiger partial charge on any atom is -0.462 e. The van der Waals surface area contributed by atoms with Crippen molar-refractivity contribution in [1.82, 2.24) is 4.98 Å². The molecule has 7 heteroatoms. The van der Waals surface area contributed by atoms with Gasteiger partial charge in [-0.1, -0.05) is 0 Å². The van der Waals surface area contributed by atoms with Gasteiger partial charge in [-0.15, -0.1) is 0 Å². The lowest BCUT2D eigenvalue weighted by Crippen LogP contribution is -2.23. The molecule has 1 aromatic rings. The highest BCUT2D eigenvalue weighted by molar-refractivity contribution is 5.91. The molecule has 0 fully saturated rings. The topological polar surface area (TPSA) is 82.9 Å². The van der Waals surface area contributed by atoms with Gasteiger partial charge in [0.15, 0.2) is 0 Å². The fourth-order valence-corrected chi connectivity index (χ4v) is 1.21. The van der Waals surface area contributed by atoms with Gasteiger partial charge in [0, 0.05) is 6.20 Å². The minimum atomic E-state index is -3.03. The first-order chi connectivity index (χ1) is 8.02. The van der Waals surface area contributed by atoms with Crippen LogP contribution >= 0.6 is 0 Å². The van der Waals surface area contributed by atoms with Crippen LogP contribution in [0.15, 0.2) is 11.0 Å². The van der Waals surface area contributed by atoms with Gasteiger partial charge in [0.1, 0.15) is 22.9 Å². The molecule has 1 aromatic heterocycles. The average Bonchev–Trinajstić information content (AvgIpc) is 2.28. The van der Waals surface area contributed by atoms with Gasteiger partial charge in [-0.25, -0.2) is 13.6 Å². The third kappa shape index (κ3) is 2.47. The lowest BCUT2D eigenvalue weighted by atomic mass is 10.1. The number of aromatic amines is 1. The van der Waals surface area contributed by atoms with Gasteiger partial charge in [0.2, 0.25) is 5.43 Å². The summed E-state index contributed by atoms with van der Waals surface area (Å²) in [4.78, 5) is 25.0. The third-order valence-electron chi connectivity index (χ3n) is 1.93. The molecule has 0 bridgehead atoms. The number of H-pyrrole nitrogens is 1. The van der Waals surface area contributed by atoms with Gasteiger partial charge in [-0.3, -0.25) is 4.79 Å². The Kier molecular flexibility index (Phi) is 3.93. The van der Waals surface area contributed by atoms with Crippen LogP contribution < -0.4 is 5.43 Å². The largest absolute Gasteiger partial charge is 0.462 e. The van der Waals surface area contributed by atoms with Crippen molar-refractivity contribution < 1.29 is 18.3 Å². The standard InChI is InChI=1S/C10H8F2N2O3/c1-2-17-10(16)6-7(9(11)12)14-4-5(3-13)8(6)15/h4,9H,2H2,1H3,(H,14,15). The van der Waals surface area contributed by atoms with Gasteiger partial charge < -0.3 is 9.72 Å². The van der Waals surface area contributed by atoms with Crippen molar-refractivity contribution in [3.8, 4) is 6.07 Å². The molecule has 0 saturated carbocycles. The van der Waals surface area contributed by atoms with E-state index in [4.69, 9.17) is 5.26 Å². The van der Waals surface area contributed by atoms with Crippen molar-refractivity contribution >= 4 is 5.97 Å². The Bertz CT molecular complexity index is 531. The number of aromatic nitrogens is 1. The molecule has 90 valence electrons. The SMILES string of the molecule is CCOC(=O)c1c(C(F)F)[nH]cc(C#N)c1=O. The van der Waals surface area contributed by atoms with E-state index in [-0.39, 0.29) is 6.61 Å². The molecular weight excluding hydrogens is 234 g/mol. The lowest BCUT2D eigenvalue weighted by molar-refractivity contribution is 0.0511. The quantitative estimate of drug-likeness (QED) is 0.811. The number of carbonyl (C=O) groups is 1. The molecule has 0 atom stereocenters. The summed E-state index contributed by atoms with van der Waals surface area (Å²) in [6.45, 7) is 1.42. The highest BCUT2D eigenvalue weighted by atomic mass is 19.3. The molecule has 1 N–H and O–H groups in total. The number of hydrogen-bond acceptors (Lipinski definition) is 4. The monoisotopic (exact) mass is 242 g/mol. The number of halogens is 2. The third-order valence-corrected chi connectivity index (χ3v) is 1.93. The van der Waals surface area contributed by atoms with E-state index in [1.54, 1.807) is 0 Å². The molecule has 0 amide bonds. The summed E-state index contributed by atoms with van der Waals surface area (Å²) < 4.78 is 29.7. The molecular formula is C10H8F2N2O3. The molecule has 0 saturated heterocycles. The predicted molar refractivity (Wildman–Crippen MR) is 52.7 cm³/mol. The summed E-state index contributed by atoms with van der Waals surface area (Å²) in [5.74, 6) is -1.17. The Balaban J connectivity index is 3.47. The highest BCUT2D eigenvalue weighted by Gasteiger charge is 2.25. The van der Waals surface area contributed by atoms with Gasteiger partial charge in [-0.2, -0.15) is 5.26 Å². The molecule has 0 radical (unpaired) electrons. The van der Waals surface area contributed by atoms with Gasteiger partial charge in [0.05, 0.1) is 6.61 Å². The van der Waals surface area contributed by atoms with Crippen molar-refractivity contribution in [3.63, 3.8) is 0 Å². The fraction of sp³-hybridized carbons (Fsp3) is 0.300. The van der Waals surface area contributed by atoms with Crippen molar-refractivity contribution in [2.45, 2.75) is 13.3 Å². The lowest BCUT2D eigenvalue weighted by Gasteiger charge is -2.07. The summed E-state index contributed by atoms with van der Waals surface area (Å²) in [6.07, 6.45) is -2.19. The van der Waals surface area contributed by atoms with E-state index in [0.29, 0.717) is 0 Å². The number of hydrogen-bond donors (Lipinski definition) is 1. The van der Waals surface area contributed by atoms with Crippen LogP contribution in [0.1, 0.15) is 35.0 Å². The van der Waals surface area contributed by atoms with E-state index in [1.165, 1.54) is 13.0 Å². The average molecular weight is 242 g/mol. The smallest absolute Gasteiger partial charge is 0.344 e. The molecule has 0 spiro atoms. The minimum absolute atomic E-state index is 0.0578. The van der Waals surface area contributed by atoms with Crippen molar-refractivity contribution in [2.75, 3.05) is 6.61 Å². The predicted octanol–water partition coefficient (Wildman–Crippen LogP) is 1.36. The number of nitriles is 1. The van der Waals surface area contributed by atoms with Crippen LogP contribution in [0.25, 0.3) is 0 Å². The second kappa shape index (κ2) is 5.21. The van der Waals surface area contributed by atoms with E-state index < -0.39 is 34.6 Å². The maximum atomic E-state index is 12.6. The summed E-state index contributed by atoms with van der Waals surface area (Å²) in [5, 5.41) is 8.57. The number of rotatable bonds is 3. The van der Waals surface area contributed by atoms with E-state index in [1.807, 2.05) is 0 Å². The van der Waals surface area contributed by atoms with Crippen LogP contribution in [-0.2, 0) is 4.74 Å². The molecule has 5 nitrogen and oxygen atoms in total. The molecule has 0 aliphatic heterocycles. The molecule has 0 aliphatic rings. The molecule has 0 aliphatic carbocycles. The number of nitrogens with zero attached hydrogens (tertiary/aromatic N) is 1. The van der Waals surface area contributed by atoms with Crippen LogP contribution in [-0.4, -0.2) is 17.6 Å². The van der Waals surface area contributed by atoms with E-state index in [0.717, 1.165) is 6.20 Å². The number of nitrogens with one attached hydrogen (secondary N) is 1. The van der Waals surface area contributed by atoms with E-state index in [9.17, 15) is 18.4 Å². The van der Waals surface area contributed by atoms with Crippen LogP contribution in [0.2, 0.25) is 0 Å². The van der Waals surface area contributed by atoms with Crippen molar-refractivity contribution in [2.24, 2.45) is 0 Å². The highest BCUT2D eigenvalue weighted by Crippen LogP contribution is 2.19. The van der Waals surface area contributed by atoms with E-state index in [2.05, 4.69) is 9.72 Å². The molecule has 1 rings (SSSR count). The molecule has 0 unspecified atom stereocenters. The summed E-state index contributed by atoms with van der Waals surface area (Å²) >= 11 is 0. The zero-order valence-electron chi connectivity index (χ0n) is 8.79. The summed E-state index contributed by atoms with van der Waals surface area (Å²) in [6, 6.07) is 1.50.